The standard InChI is InChI=1S/C16H17N3O4/c1-2-23-14-9-12(6-7-13(14)20)10-17-18-15(21)11-19-8-4-3-5-16(19)22/h3-10,20H,2,11H2,1H3,(H,18,21)/b17-10+. The molecule has 0 radical (unpaired) electrons. The van der Waals surface area contributed by atoms with Crippen molar-refractivity contribution in [1.29, 1.82) is 0 Å². The zero-order chi connectivity index (χ0) is 16.7. The van der Waals surface area contributed by atoms with Gasteiger partial charge in [-0.2, -0.15) is 5.10 Å². The fraction of sp³-hybridized carbons (Fsp3) is 0.188. The van der Waals surface area contributed by atoms with E-state index in [2.05, 4.69) is 10.5 Å². The van der Waals surface area contributed by atoms with Gasteiger partial charge in [-0.25, -0.2) is 5.43 Å². The lowest BCUT2D eigenvalue weighted by Crippen LogP contribution is -2.28. The molecule has 7 nitrogen and oxygen atoms in total. The second-order valence-corrected chi connectivity index (χ2v) is 4.62. The number of pyridine rings is 1. The van der Waals surface area contributed by atoms with Gasteiger partial charge in [0.05, 0.1) is 12.8 Å². The van der Waals surface area contributed by atoms with Gasteiger partial charge in [0.2, 0.25) is 0 Å². The van der Waals surface area contributed by atoms with Crippen molar-refractivity contribution in [2.24, 2.45) is 5.10 Å². The number of hydrogen-bond donors (Lipinski definition) is 2. The van der Waals surface area contributed by atoms with Crippen LogP contribution < -0.4 is 15.7 Å². The van der Waals surface area contributed by atoms with E-state index in [1.165, 1.54) is 29.1 Å². The molecule has 0 fully saturated rings. The van der Waals surface area contributed by atoms with Crippen molar-refractivity contribution in [2.75, 3.05) is 6.61 Å². The van der Waals surface area contributed by atoms with Gasteiger partial charge in [-0.3, -0.25) is 9.59 Å². The molecule has 1 amide bonds. The number of phenolic OH excluding ortho intramolecular Hbond substituents is 1. The van der Waals surface area contributed by atoms with Crippen LogP contribution in [-0.4, -0.2) is 28.4 Å². The number of hydrazone groups is 1. The molecule has 0 aliphatic rings. The Morgan fingerprint density at radius 2 is 2.22 bits per heavy atom. The summed E-state index contributed by atoms with van der Waals surface area (Å²) in [6, 6.07) is 9.38. The molecule has 0 aliphatic heterocycles. The molecule has 0 aliphatic carbocycles. The van der Waals surface area contributed by atoms with Gasteiger partial charge in [-0.1, -0.05) is 6.07 Å². The molecule has 2 N–H and O–H groups in total. The highest BCUT2D eigenvalue weighted by atomic mass is 16.5. The number of hydrogen-bond acceptors (Lipinski definition) is 5. The first-order chi connectivity index (χ1) is 11.1. The lowest BCUT2D eigenvalue weighted by Gasteiger charge is -2.06. The van der Waals surface area contributed by atoms with Gasteiger partial charge in [0.25, 0.3) is 11.5 Å². The van der Waals surface area contributed by atoms with Crippen LogP contribution in [0.3, 0.4) is 0 Å². The number of benzene rings is 1. The average Bonchev–Trinajstić information content (AvgIpc) is 2.53. The first-order valence-electron chi connectivity index (χ1n) is 7.03. The van der Waals surface area contributed by atoms with E-state index in [4.69, 9.17) is 4.74 Å². The van der Waals surface area contributed by atoms with Crippen LogP contribution in [0.4, 0.5) is 0 Å². The number of carbonyl (C=O) groups is 1. The molecule has 1 heterocycles. The predicted molar refractivity (Wildman–Crippen MR) is 85.7 cm³/mol. The van der Waals surface area contributed by atoms with Crippen LogP contribution >= 0.6 is 0 Å². The second-order valence-electron chi connectivity index (χ2n) is 4.62. The lowest BCUT2D eigenvalue weighted by atomic mass is 10.2. The van der Waals surface area contributed by atoms with Crippen molar-refractivity contribution in [2.45, 2.75) is 13.5 Å². The summed E-state index contributed by atoms with van der Waals surface area (Å²) in [7, 11) is 0. The normalized spacial score (nSPS) is 10.7. The van der Waals surface area contributed by atoms with Gasteiger partial charge in [-0.05, 0) is 36.8 Å². The van der Waals surface area contributed by atoms with Gasteiger partial charge in [-0.15, -0.1) is 0 Å². The molecule has 0 atom stereocenters. The van der Waals surface area contributed by atoms with E-state index < -0.39 is 5.91 Å². The summed E-state index contributed by atoms with van der Waals surface area (Å²) < 4.78 is 6.54. The van der Waals surface area contributed by atoms with Crippen LogP contribution in [0.5, 0.6) is 11.5 Å². The third kappa shape index (κ3) is 4.70. The maximum absolute atomic E-state index is 11.7. The number of aromatic nitrogens is 1. The summed E-state index contributed by atoms with van der Waals surface area (Å²) >= 11 is 0. The Labute approximate surface area is 132 Å². The molecular weight excluding hydrogens is 298 g/mol. The largest absolute Gasteiger partial charge is 0.504 e. The smallest absolute Gasteiger partial charge is 0.260 e. The van der Waals surface area contributed by atoms with E-state index in [0.717, 1.165) is 0 Å². The van der Waals surface area contributed by atoms with Gasteiger partial charge < -0.3 is 14.4 Å². The molecule has 2 aromatic rings. The highest BCUT2D eigenvalue weighted by Crippen LogP contribution is 2.26. The Hall–Kier alpha value is -3.09. The maximum Gasteiger partial charge on any atom is 0.260 e. The van der Waals surface area contributed by atoms with Crippen LogP contribution in [-0.2, 0) is 11.3 Å². The van der Waals surface area contributed by atoms with Crippen molar-refractivity contribution in [3.05, 3.63) is 58.5 Å². The monoisotopic (exact) mass is 315 g/mol. The quantitative estimate of drug-likeness (QED) is 0.617. The second kappa shape index (κ2) is 7.79. The van der Waals surface area contributed by atoms with Gasteiger partial charge in [0.1, 0.15) is 6.54 Å². The van der Waals surface area contributed by atoms with Crippen LogP contribution in [0, 0.1) is 0 Å². The van der Waals surface area contributed by atoms with E-state index in [9.17, 15) is 14.7 Å². The molecule has 0 saturated carbocycles. The third-order valence-corrected chi connectivity index (χ3v) is 2.90. The summed E-state index contributed by atoms with van der Waals surface area (Å²) in [6.07, 6.45) is 2.95. The number of phenols is 1. The number of nitrogens with one attached hydrogen (secondary N) is 1. The lowest BCUT2D eigenvalue weighted by molar-refractivity contribution is -0.121. The Morgan fingerprint density at radius 1 is 1.39 bits per heavy atom. The van der Waals surface area contributed by atoms with Crippen LogP contribution in [0.15, 0.2) is 52.5 Å². The molecule has 7 heteroatoms. The minimum Gasteiger partial charge on any atom is -0.504 e. The third-order valence-electron chi connectivity index (χ3n) is 2.90. The molecular formula is C16H17N3O4. The summed E-state index contributed by atoms with van der Waals surface area (Å²) in [6.45, 7) is 2.12. The first kappa shape index (κ1) is 16.3. The van der Waals surface area contributed by atoms with E-state index in [-0.39, 0.29) is 17.9 Å². The summed E-state index contributed by atoms with van der Waals surface area (Å²) in [5, 5.41) is 13.4. The zero-order valence-electron chi connectivity index (χ0n) is 12.6. The van der Waals surface area contributed by atoms with Crippen molar-refractivity contribution >= 4 is 12.1 Å². The fourth-order valence-corrected chi connectivity index (χ4v) is 1.84. The Morgan fingerprint density at radius 3 is 2.96 bits per heavy atom. The predicted octanol–water partition coefficient (Wildman–Crippen LogP) is 1.10. The molecule has 120 valence electrons. The van der Waals surface area contributed by atoms with Crippen molar-refractivity contribution < 1.29 is 14.6 Å². The SMILES string of the molecule is CCOc1cc(/C=N/NC(=O)Cn2ccccc2=O)ccc1O. The molecule has 1 aromatic carbocycles. The highest BCUT2D eigenvalue weighted by molar-refractivity contribution is 5.83. The van der Waals surface area contributed by atoms with Gasteiger partial charge in [0.15, 0.2) is 11.5 Å². The van der Waals surface area contributed by atoms with E-state index in [0.29, 0.717) is 17.9 Å². The summed E-state index contributed by atoms with van der Waals surface area (Å²) in [5.74, 6) is -0.0338. The number of aromatic hydroxyl groups is 1. The van der Waals surface area contributed by atoms with Gasteiger partial charge in [0, 0.05) is 12.3 Å². The van der Waals surface area contributed by atoms with E-state index >= 15 is 0 Å². The Kier molecular flexibility index (Phi) is 5.51. The van der Waals surface area contributed by atoms with Crippen LogP contribution in [0.1, 0.15) is 12.5 Å². The highest BCUT2D eigenvalue weighted by Gasteiger charge is 2.03. The Balaban J connectivity index is 1.96. The van der Waals surface area contributed by atoms with Crippen molar-refractivity contribution in [3.8, 4) is 11.5 Å². The first-order valence-corrected chi connectivity index (χ1v) is 7.03. The fourth-order valence-electron chi connectivity index (χ4n) is 1.84. The van der Waals surface area contributed by atoms with E-state index in [1.54, 1.807) is 24.3 Å². The summed E-state index contributed by atoms with van der Waals surface area (Å²) in [5.41, 5.74) is 2.74. The number of ether oxygens (including phenoxy) is 1. The van der Waals surface area contributed by atoms with Gasteiger partial charge >= 0.3 is 0 Å². The average molecular weight is 315 g/mol. The topological polar surface area (TPSA) is 92.9 Å². The van der Waals surface area contributed by atoms with Crippen LogP contribution in [0.25, 0.3) is 0 Å². The molecule has 1 aromatic heterocycles. The molecule has 23 heavy (non-hydrogen) atoms. The molecule has 2 rings (SSSR count). The minimum absolute atomic E-state index is 0.0384. The molecule has 0 bridgehead atoms. The maximum atomic E-state index is 11.7. The van der Waals surface area contributed by atoms with E-state index in [1.807, 2.05) is 6.92 Å². The molecule has 0 spiro atoms. The molecule has 0 unspecified atom stereocenters. The number of rotatable bonds is 6. The Bertz CT molecular complexity index is 768. The molecule has 0 saturated heterocycles. The van der Waals surface area contributed by atoms with Crippen molar-refractivity contribution in [3.63, 3.8) is 0 Å². The minimum atomic E-state index is -0.418. The summed E-state index contributed by atoms with van der Waals surface area (Å²) in [4.78, 5) is 23.2. The van der Waals surface area contributed by atoms with Crippen LogP contribution in [0.2, 0.25) is 0 Å². The zero-order valence-corrected chi connectivity index (χ0v) is 12.6. The van der Waals surface area contributed by atoms with Crippen molar-refractivity contribution in [1.82, 2.24) is 9.99 Å². The number of carbonyl (C=O) groups excluding carboxylic acids is 1. The number of amides is 1. The number of nitrogens with zero attached hydrogens (tertiary/aromatic N) is 2.